The topological polar surface area (TPSA) is 51.7 Å². The number of thiazole rings is 1. The molecule has 1 aliphatic heterocycles. The number of amides is 1. The lowest BCUT2D eigenvalue weighted by molar-refractivity contribution is 0.0687. The summed E-state index contributed by atoms with van der Waals surface area (Å²) in [5.74, 6) is 2.44. The number of hydrogen-bond donors (Lipinski definition) is 0. The zero-order valence-corrected chi connectivity index (χ0v) is 17.7. The number of nitrogens with zero attached hydrogens (tertiary/aromatic N) is 2. The molecule has 0 N–H and O–H groups in total. The molecule has 152 valence electrons. The number of likely N-dealkylation sites (tertiary alicyclic amines) is 1. The van der Waals surface area contributed by atoms with E-state index in [2.05, 4.69) is 17.1 Å². The molecule has 1 aromatic heterocycles. The Bertz CT molecular complexity index is 970. The van der Waals surface area contributed by atoms with E-state index >= 15 is 0 Å². The van der Waals surface area contributed by atoms with Crippen LogP contribution >= 0.6 is 11.3 Å². The minimum absolute atomic E-state index is 0.135. The normalized spacial score (nSPS) is 14.9. The number of aromatic nitrogens is 1. The molecule has 4 rings (SSSR count). The Balaban J connectivity index is 1.32. The lowest BCUT2D eigenvalue weighted by atomic mass is 9.90. The van der Waals surface area contributed by atoms with E-state index in [9.17, 15) is 4.79 Å². The van der Waals surface area contributed by atoms with Gasteiger partial charge in [0, 0.05) is 24.7 Å². The summed E-state index contributed by atoms with van der Waals surface area (Å²) in [5, 5.41) is 0. The van der Waals surface area contributed by atoms with E-state index in [-0.39, 0.29) is 5.91 Å². The van der Waals surface area contributed by atoms with E-state index in [1.165, 1.54) is 5.56 Å². The van der Waals surface area contributed by atoms with Gasteiger partial charge in [-0.25, -0.2) is 4.98 Å². The van der Waals surface area contributed by atoms with Gasteiger partial charge in [0.25, 0.3) is 5.91 Å². The molecule has 0 unspecified atom stereocenters. The predicted molar refractivity (Wildman–Crippen MR) is 116 cm³/mol. The first-order chi connectivity index (χ1) is 14.2. The second-order valence-electron chi connectivity index (χ2n) is 7.53. The molecule has 2 heterocycles. The Labute approximate surface area is 175 Å². The largest absolute Gasteiger partial charge is 0.497 e. The van der Waals surface area contributed by atoms with Crippen molar-refractivity contribution in [3.05, 3.63) is 53.0 Å². The van der Waals surface area contributed by atoms with Crippen molar-refractivity contribution in [2.45, 2.75) is 25.7 Å². The van der Waals surface area contributed by atoms with E-state index in [1.54, 1.807) is 25.6 Å². The molecule has 0 aliphatic carbocycles. The van der Waals surface area contributed by atoms with Crippen LogP contribution in [0.2, 0.25) is 0 Å². The fourth-order valence-electron chi connectivity index (χ4n) is 3.98. The lowest BCUT2D eigenvalue weighted by Gasteiger charge is -2.32. The molecule has 29 heavy (non-hydrogen) atoms. The summed E-state index contributed by atoms with van der Waals surface area (Å²) in [5.41, 5.74) is 4.78. The second kappa shape index (κ2) is 8.82. The number of hydrogen-bond acceptors (Lipinski definition) is 5. The number of carbonyl (C=O) groups is 1. The quantitative estimate of drug-likeness (QED) is 0.586. The number of ether oxygens (including phenoxy) is 2. The summed E-state index contributed by atoms with van der Waals surface area (Å²) in [4.78, 5) is 19.2. The summed E-state index contributed by atoms with van der Waals surface area (Å²) in [6.45, 7) is 1.65. The van der Waals surface area contributed by atoms with E-state index in [1.807, 2.05) is 34.7 Å². The molecule has 0 atom stereocenters. The molecule has 2 aromatic carbocycles. The van der Waals surface area contributed by atoms with Crippen molar-refractivity contribution < 1.29 is 14.3 Å². The number of carbonyl (C=O) groups excluding carboxylic acids is 1. The zero-order chi connectivity index (χ0) is 20.2. The van der Waals surface area contributed by atoms with Crippen molar-refractivity contribution in [3.63, 3.8) is 0 Å². The maximum atomic E-state index is 12.9. The van der Waals surface area contributed by atoms with Crippen molar-refractivity contribution in [2.24, 2.45) is 5.92 Å². The molecular formula is C23H26N2O3S. The Morgan fingerprint density at radius 3 is 2.52 bits per heavy atom. The van der Waals surface area contributed by atoms with Gasteiger partial charge in [0.15, 0.2) is 0 Å². The van der Waals surface area contributed by atoms with Crippen LogP contribution < -0.4 is 9.47 Å². The van der Waals surface area contributed by atoms with E-state index in [0.29, 0.717) is 5.92 Å². The summed E-state index contributed by atoms with van der Waals surface area (Å²) >= 11 is 1.58. The van der Waals surface area contributed by atoms with Crippen LogP contribution in [0.15, 0.2) is 41.9 Å². The van der Waals surface area contributed by atoms with Crippen molar-refractivity contribution in [1.82, 2.24) is 9.88 Å². The van der Waals surface area contributed by atoms with Crippen LogP contribution in [0.1, 0.15) is 35.2 Å². The van der Waals surface area contributed by atoms with Crippen molar-refractivity contribution in [2.75, 3.05) is 27.3 Å². The molecule has 0 spiro atoms. The molecule has 6 heteroatoms. The maximum Gasteiger partial charge on any atom is 0.253 e. The molecule has 1 amide bonds. The molecule has 1 saturated heterocycles. The third-order valence-electron chi connectivity index (χ3n) is 5.73. The minimum atomic E-state index is 0.135. The monoisotopic (exact) mass is 410 g/mol. The van der Waals surface area contributed by atoms with Gasteiger partial charge in [-0.05, 0) is 67.5 Å². The molecule has 1 fully saturated rings. The third-order valence-corrected chi connectivity index (χ3v) is 6.52. The van der Waals surface area contributed by atoms with E-state index < -0.39 is 0 Å². The molecule has 0 radical (unpaired) electrons. The fourth-order valence-corrected chi connectivity index (χ4v) is 4.69. The van der Waals surface area contributed by atoms with Gasteiger partial charge in [0.1, 0.15) is 11.5 Å². The average Bonchev–Trinajstić information content (AvgIpc) is 3.25. The predicted octanol–water partition coefficient (Wildman–Crippen LogP) is 4.80. The van der Waals surface area contributed by atoms with Crippen molar-refractivity contribution in [1.29, 1.82) is 0 Å². The van der Waals surface area contributed by atoms with Gasteiger partial charge < -0.3 is 14.4 Å². The van der Waals surface area contributed by atoms with Crippen LogP contribution in [-0.2, 0) is 6.42 Å². The van der Waals surface area contributed by atoms with Gasteiger partial charge in [-0.15, -0.1) is 11.3 Å². The summed E-state index contributed by atoms with van der Waals surface area (Å²) in [7, 11) is 3.36. The first-order valence-corrected chi connectivity index (χ1v) is 10.9. The summed E-state index contributed by atoms with van der Waals surface area (Å²) < 4.78 is 11.8. The number of aryl methyl sites for hydroxylation is 1. The Morgan fingerprint density at radius 2 is 1.83 bits per heavy atom. The van der Waals surface area contributed by atoms with E-state index in [0.717, 1.165) is 66.1 Å². The summed E-state index contributed by atoms with van der Waals surface area (Å²) in [6.07, 6.45) is 4.21. The first-order valence-electron chi connectivity index (χ1n) is 10.0. The standard InChI is InChI=1S/C23H26N2O3S/c1-27-19-11-17(12-20(14-19)28-2)4-3-16-7-9-25(10-8-16)23(26)18-5-6-21-22(13-18)29-15-24-21/h5-6,11-16H,3-4,7-10H2,1-2H3. The SMILES string of the molecule is COc1cc(CCC2CCN(C(=O)c3ccc4ncsc4c3)CC2)cc(OC)c1. The van der Waals surface area contributed by atoms with Crippen LogP contribution in [-0.4, -0.2) is 43.1 Å². The van der Waals surface area contributed by atoms with Crippen LogP contribution in [0.5, 0.6) is 11.5 Å². The number of fused-ring (bicyclic) bond motifs is 1. The highest BCUT2D eigenvalue weighted by molar-refractivity contribution is 7.16. The molecule has 1 aliphatic rings. The average molecular weight is 411 g/mol. The fraction of sp³-hybridized carbons (Fsp3) is 0.391. The van der Waals surface area contributed by atoms with Crippen LogP contribution in [0.25, 0.3) is 10.2 Å². The smallest absolute Gasteiger partial charge is 0.253 e. The Morgan fingerprint density at radius 1 is 1.10 bits per heavy atom. The van der Waals surface area contributed by atoms with Gasteiger partial charge >= 0.3 is 0 Å². The molecule has 5 nitrogen and oxygen atoms in total. The highest BCUT2D eigenvalue weighted by Crippen LogP contribution is 2.28. The van der Waals surface area contributed by atoms with Gasteiger partial charge in [0.2, 0.25) is 0 Å². The molecule has 0 bridgehead atoms. The van der Waals surface area contributed by atoms with Gasteiger partial charge in [-0.3, -0.25) is 4.79 Å². The molecule has 0 saturated carbocycles. The maximum absolute atomic E-state index is 12.9. The van der Waals surface area contributed by atoms with Gasteiger partial charge in [0.05, 0.1) is 29.9 Å². The molecule has 3 aromatic rings. The Kier molecular flexibility index (Phi) is 6.00. The van der Waals surface area contributed by atoms with E-state index in [4.69, 9.17) is 9.47 Å². The van der Waals surface area contributed by atoms with Crippen molar-refractivity contribution >= 4 is 27.5 Å². The number of piperidine rings is 1. The van der Waals surface area contributed by atoms with Crippen molar-refractivity contribution in [3.8, 4) is 11.5 Å². The highest BCUT2D eigenvalue weighted by Gasteiger charge is 2.24. The highest BCUT2D eigenvalue weighted by atomic mass is 32.1. The van der Waals surface area contributed by atoms with Gasteiger partial charge in [-0.1, -0.05) is 0 Å². The first kappa shape index (κ1) is 19.7. The minimum Gasteiger partial charge on any atom is -0.497 e. The number of rotatable bonds is 6. The lowest BCUT2D eigenvalue weighted by Crippen LogP contribution is -2.38. The second-order valence-corrected chi connectivity index (χ2v) is 8.42. The number of methoxy groups -OCH3 is 2. The number of benzene rings is 2. The summed E-state index contributed by atoms with van der Waals surface area (Å²) in [6, 6.07) is 11.9. The van der Waals surface area contributed by atoms with Crippen LogP contribution in [0, 0.1) is 5.92 Å². The zero-order valence-electron chi connectivity index (χ0n) is 16.9. The van der Waals surface area contributed by atoms with Gasteiger partial charge in [-0.2, -0.15) is 0 Å². The third kappa shape index (κ3) is 4.53. The van der Waals surface area contributed by atoms with Crippen LogP contribution in [0.4, 0.5) is 0 Å². The molecular weight excluding hydrogens is 384 g/mol. The Hall–Kier alpha value is -2.60. The van der Waals surface area contributed by atoms with Crippen LogP contribution in [0.3, 0.4) is 0 Å².